The van der Waals surface area contributed by atoms with Crippen LogP contribution >= 0.6 is 42.1 Å². The highest BCUT2D eigenvalue weighted by Crippen LogP contribution is 2.37. The highest BCUT2D eigenvalue weighted by atomic mass is 35.5. The first-order valence-electron chi connectivity index (χ1n) is 18.8. The molecule has 352 valence electrons. The number of imide groups is 1. The normalized spacial score (nSPS) is 14.6. The van der Waals surface area contributed by atoms with Gasteiger partial charge in [-0.2, -0.15) is 13.2 Å². The van der Waals surface area contributed by atoms with Crippen LogP contribution < -0.4 is 24.7 Å². The summed E-state index contributed by atoms with van der Waals surface area (Å²) in [5.41, 5.74) is 2.50. The van der Waals surface area contributed by atoms with Crippen LogP contribution in [0.15, 0.2) is 58.6 Å². The highest BCUT2D eigenvalue weighted by Gasteiger charge is 2.40. The lowest BCUT2D eigenvalue weighted by molar-refractivity contribution is -0.193. The van der Waals surface area contributed by atoms with E-state index in [2.05, 4.69) is 29.0 Å². The molecular weight excluding hydrogens is 956 g/mol. The van der Waals surface area contributed by atoms with Gasteiger partial charge in [0.1, 0.15) is 18.4 Å². The minimum atomic E-state index is -4.61. The summed E-state index contributed by atoms with van der Waals surface area (Å²) in [6.07, 6.45) is 5.71. The molecule has 16 nitrogen and oxygen atoms in total. The number of aromatic nitrogens is 2. The number of carbonyl (C=O) groups excluding carboxylic acids is 4. The standard InChI is InChI=1S/C19H17Cl2NO4.C14H13F4N3O2S.C3H8NO5P.C3H9S/c1-2-26-19(25)16(21)10-11-9-12(7-8-15(11)20)22-17(23)13-5-3-4-6-14(13)18(22)24;1-8(2)21(10-5-3-9(15)4-6-10)11(22)7-23-13-20-19-12(24-13)14(16,17)18;5-3(6)1-4-2-10(7,8)9;1-4(2)3/h7-10H,2-6H2,1H3;3-6,8H,7H2,1-2H3;4H,1-2H2,(H,5,6)(H2,7,8,9);1-3H3/q;;;+1/p-1/b16-10-;;;. The molecule has 3 amide bonds. The first-order valence-corrected chi connectivity index (χ1v) is 24.6. The number of alkyl halides is 3. The van der Waals surface area contributed by atoms with Crippen molar-refractivity contribution in [3.8, 4) is 5.19 Å². The van der Waals surface area contributed by atoms with Crippen LogP contribution in [0, 0.1) is 5.82 Å². The number of esters is 1. The summed E-state index contributed by atoms with van der Waals surface area (Å²) in [4.78, 5) is 79.6. The van der Waals surface area contributed by atoms with E-state index >= 15 is 0 Å². The highest BCUT2D eigenvalue weighted by molar-refractivity contribution is 7.94. The first-order chi connectivity index (χ1) is 29.8. The van der Waals surface area contributed by atoms with Crippen molar-refractivity contribution in [2.24, 2.45) is 0 Å². The largest absolute Gasteiger partial charge is 0.778 e. The Morgan fingerprint density at radius 3 is 2.09 bits per heavy atom. The number of ether oxygens (including phenoxy) is 2. The van der Waals surface area contributed by atoms with E-state index in [1.807, 2.05) is 5.32 Å². The van der Waals surface area contributed by atoms with Crippen molar-refractivity contribution >= 4 is 100 Å². The Kier molecular flexibility index (Phi) is 22.6. The maximum absolute atomic E-state index is 13.0. The van der Waals surface area contributed by atoms with Gasteiger partial charge in [-0.25, -0.2) is 14.1 Å². The summed E-state index contributed by atoms with van der Waals surface area (Å²) in [6, 6.07) is 9.75. The van der Waals surface area contributed by atoms with E-state index in [1.165, 1.54) is 40.1 Å². The maximum Gasteiger partial charge on any atom is 0.445 e. The van der Waals surface area contributed by atoms with Crippen LogP contribution in [0.3, 0.4) is 0 Å². The predicted octanol–water partition coefficient (Wildman–Crippen LogP) is 6.40. The van der Waals surface area contributed by atoms with Crippen LogP contribution in [0.4, 0.5) is 28.9 Å². The number of carboxylic acids is 1. The third-order valence-corrected chi connectivity index (χ3v) is 9.94. The Morgan fingerprint density at radius 2 is 1.62 bits per heavy atom. The first kappa shape index (κ1) is 55.7. The Bertz CT molecular complexity index is 2190. The molecule has 25 heteroatoms. The topological polar surface area (TPSA) is 229 Å². The van der Waals surface area contributed by atoms with Crippen molar-refractivity contribution in [2.45, 2.75) is 58.7 Å². The minimum Gasteiger partial charge on any atom is -0.778 e. The van der Waals surface area contributed by atoms with Gasteiger partial charge in [-0.1, -0.05) is 39.6 Å². The summed E-state index contributed by atoms with van der Waals surface area (Å²) in [6.45, 7) is 4.37. The lowest BCUT2D eigenvalue weighted by Crippen LogP contribution is -2.40. The fourth-order valence-electron chi connectivity index (χ4n) is 5.36. The fourth-order valence-corrected chi connectivity index (χ4v) is 6.66. The molecule has 0 bridgehead atoms. The zero-order valence-electron chi connectivity index (χ0n) is 35.2. The van der Waals surface area contributed by atoms with Crippen LogP contribution in [0.1, 0.15) is 57.0 Å². The van der Waals surface area contributed by atoms with Crippen molar-refractivity contribution in [1.82, 2.24) is 15.5 Å². The summed E-state index contributed by atoms with van der Waals surface area (Å²) >= 11 is 12.3. The quantitative estimate of drug-likeness (QED) is 0.0421. The lowest BCUT2D eigenvalue weighted by Gasteiger charge is -2.26. The molecule has 0 spiro atoms. The molecule has 0 fully saturated rings. The molecule has 0 saturated carbocycles. The van der Waals surface area contributed by atoms with Crippen molar-refractivity contribution in [2.75, 3.05) is 54.6 Å². The second-order valence-corrected chi connectivity index (χ2v) is 19.7. The number of benzene rings is 2. The Labute approximate surface area is 383 Å². The Hall–Kier alpha value is -4.41. The van der Waals surface area contributed by atoms with Gasteiger partial charge in [0.05, 0.1) is 43.9 Å². The molecule has 5 rings (SSSR count). The molecule has 2 heterocycles. The van der Waals surface area contributed by atoms with E-state index < -0.39 is 61.9 Å². The predicted molar refractivity (Wildman–Crippen MR) is 235 cm³/mol. The zero-order valence-corrected chi connectivity index (χ0v) is 39.3. The van der Waals surface area contributed by atoms with Crippen LogP contribution in [0.25, 0.3) is 6.08 Å². The Balaban J connectivity index is 0.000000342. The number of carbonyl (C=O) groups is 5. The average molecular weight is 1000 g/mol. The van der Waals surface area contributed by atoms with E-state index in [1.54, 1.807) is 39.0 Å². The van der Waals surface area contributed by atoms with Crippen molar-refractivity contribution in [1.29, 1.82) is 0 Å². The number of rotatable bonds is 13. The number of hydrogen-bond donors (Lipinski definition) is 3. The molecule has 3 N–H and O–H groups in total. The summed E-state index contributed by atoms with van der Waals surface area (Å²) in [7, 11) is -3.71. The van der Waals surface area contributed by atoms with Crippen molar-refractivity contribution < 1.29 is 70.5 Å². The SMILES string of the molecule is CC(C)N(C(=O)COc1nnc(C(F)(F)F)s1)c1ccc(F)cc1.CCOC(=O)/C(Cl)=C/c1cc(N2C(=O)C3=C(CCCC3)C2=O)ccc1Cl.C[S+](C)C.O=C(O)CNCP(=O)([O-])O. The molecular formula is C39H46Cl2F4N5O11PS2. The van der Waals surface area contributed by atoms with Crippen molar-refractivity contribution in [3.05, 3.63) is 80.1 Å². The third-order valence-electron chi connectivity index (χ3n) is 7.83. The van der Waals surface area contributed by atoms with Gasteiger partial charge in [-0.3, -0.25) is 24.5 Å². The van der Waals surface area contributed by atoms with Gasteiger partial charge in [0.15, 0.2) is 6.61 Å². The van der Waals surface area contributed by atoms with Gasteiger partial charge >= 0.3 is 18.1 Å². The third kappa shape index (κ3) is 18.6. The molecule has 1 aromatic heterocycles. The zero-order chi connectivity index (χ0) is 48.5. The molecule has 2 aromatic carbocycles. The fraction of sp³-hybridized carbons (Fsp3) is 0.410. The van der Waals surface area contributed by atoms with Crippen LogP contribution in [-0.4, -0.2) is 101 Å². The number of anilines is 2. The molecule has 0 saturated heterocycles. The van der Waals surface area contributed by atoms with Gasteiger partial charge in [0.25, 0.3) is 22.9 Å². The minimum absolute atomic E-state index is 0.137. The molecule has 1 aliphatic carbocycles. The van der Waals surface area contributed by atoms with Gasteiger partial charge in [0, 0.05) is 27.9 Å². The number of carboxylic acid groups (broad SMARTS) is 1. The Morgan fingerprint density at radius 1 is 1.06 bits per heavy atom. The van der Waals surface area contributed by atoms with E-state index in [4.69, 9.17) is 42.7 Å². The smallest absolute Gasteiger partial charge is 0.445 e. The summed E-state index contributed by atoms with van der Waals surface area (Å²) in [5, 5.41) is 14.9. The summed E-state index contributed by atoms with van der Waals surface area (Å²) in [5.74, 6) is -3.34. The molecule has 64 heavy (non-hydrogen) atoms. The van der Waals surface area contributed by atoms with Gasteiger partial charge in [0.2, 0.25) is 5.01 Å². The van der Waals surface area contributed by atoms with Crippen LogP contribution in [0.5, 0.6) is 5.19 Å². The number of nitrogens with zero attached hydrogens (tertiary/aromatic N) is 4. The van der Waals surface area contributed by atoms with Crippen LogP contribution in [0.2, 0.25) is 5.02 Å². The lowest BCUT2D eigenvalue weighted by atomic mass is 9.93. The van der Waals surface area contributed by atoms with Gasteiger partial charge < -0.3 is 33.8 Å². The number of halogens is 6. The average Bonchev–Trinajstić information content (AvgIpc) is 3.78. The van der Waals surface area contributed by atoms with Crippen LogP contribution in [-0.2, 0) is 50.3 Å². The summed E-state index contributed by atoms with van der Waals surface area (Å²) < 4.78 is 70.1. The molecule has 2 aliphatic rings. The van der Waals surface area contributed by atoms with Gasteiger partial charge in [-0.05, 0) is 111 Å². The molecule has 1 aliphatic heterocycles. The number of amides is 3. The number of aliphatic carboxylic acids is 1. The maximum atomic E-state index is 13.0. The van der Waals surface area contributed by atoms with Crippen molar-refractivity contribution in [3.63, 3.8) is 0 Å². The van der Waals surface area contributed by atoms with E-state index in [0.29, 0.717) is 56.8 Å². The molecule has 3 aromatic rings. The number of nitrogens with one attached hydrogen (secondary N) is 1. The second-order valence-electron chi connectivity index (χ2n) is 13.9. The molecule has 1 unspecified atom stereocenters. The number of hydrogen-bond acceptors (Lipinski definition) is 13. The van der Waals surface area contributed by atoms with E-state index in [-0.39, 0.29) is 46.0 Å². The second kappa shape index (κ2) is 25.9. The van der Waals surface area contributed by atoms with E-state index in [9.17, 15) is 51.0 Å². The monoisotopic (exact) mass is 1000 g/mol. The van der Waals surface area contributed by atoms with E-state index in [0.717, 1.165) is 12.8 Å². The molecule has 1 atom stereocenters. The van der Waals surface area contributed by atoms with Gasteiger partial charge in [-0.15, -0.1) is 5.10 Å². The molecule has 0 radical (unpaired) electrons.